The van der Waals surface area contributed by atoms with Crippen LogP contribution in [0.5, 0.6) is 11.5 Å². The quantitative estimate of drug-likeness (QED) is 0.657. The highest BCUT2D eigenvalue weighted by Crippen LogP contribution is 2.40. The number of rotatable bonds is 6. The number of esters is 1. The number of hydrogen-bond donors (Lipinski definition) is 2. The molecule has 8 heteroatoms. The SMILES string of the molecule is COc1cc([C@@H]2NC(=O)N(C)C(C)=C2C(=O)OCCC(C)C)cc(Br)c1O. The first-order chi connectivity index (χ1) is 12.7. The molecule has 0 radical (unpaired) electrons. The highest BCUT2D eigenvalue weighted by atomic mass is 79.9. The topological polar surface area (TPSA) is 88.1 Å². The number of aromatic hydroxyl groups is 1. The molecule has 0 aromatic heterocycles. The zero-order valence-corrected chi connectivity index (χ0v) is 17.7. The van der Waals surface area contributed by atoms with Crippen molar-refractivity contribution in [3.8, 4) is 11.5 Å². The number of urea groups is 1. The van der Waals surface area contributed by atoms with Crippen LogP contribution in [-0.2, 0) is 9.53 Å². The Morgan fingerprint density at radius 2 is 2.07 bits per heavy atom. The maximum atomic E-state index is 12.8. The van der Waals surface area contributed by atoms with Crippen molar-refractivity contribution in [2.75, 3.05) is 20.8 Å². The van der Waals surface area contributed by atoms with Crippen molar-refractivity contribution >= 4 is 27.9 Å². The number of phenols is 1. The van der Waals surface area contributed by atoms with Crippen LogP contribution in [0.15, 0.2) is 27.9 Å². The average Bonchev–Trinajstić information content (AvgIpc) is 2.61. The van der Waals surface area contributed by atoms with Crippen LogP contribution in [0.3, 0.4) is 0 Å². The van der Waals surface area contributed by atoms with Gasteiger partial charge < -0.3 is 24.8 Å². The summed E-state index contributed by atoms with van der Waals surface area (Å²) in [4.78, 5) is 26.5. The number of benzene rings is 1. The Kier molecular flexibility index (Phi) is 6.75. The molecule has 1 aliphatic heterocycles. The van der Waals surface area contributed by atoms with E-state index in [9.17, 15) is 14.7 Å². The summed E-state index contributed by atoms with van der Waals surface area (Å²) in [5, 5.41) is 12.8. The number of nitrogens with zero attached hydrogens (tertiary/aromatic N) is 1. The molecule has 0 saturated heterocycles. The number of nitrogens with one attached hydrogen (secondary N) is 1. The van der Waals surface area contributed by atoms with Gasteiger partial charge in [0.1, 0.15) is 0 Å². The molecular formula is C19H25BrN2O5. The molecule has 0 fully saturated rings. The monoisotopic (exact) mass is 440 g/mol. The van der Waals surface area contributed by atoms with Gasteiger partial charge in [0.15, 0.2) is 11.5 Å². The first-order valence-electron chi connectivity index (χ1n) is 8.65. The van der Waals surface area contributed by atoms with Gasteiger partial charge in [-0.1, -0.05) is 13.8 Å². The Hall–Kier alpha value is -2.22. The summed E-state index contributed by atoms with van der Waals surface area (Å²) in [7, 11) is 3.02. The van der Waals surface area contributed by atoms with Gasteiger partial charge in [-0.2, -0.15) is 0 Å². The zero-order valence-electron chi connectivity index (χ0n) is 16.1. The van der Waals surface area contributed by atoms with Crippen LogP contribution >= 0.6 is 15.9 Å². The molecule has 2 amide bonds. The van der Waals surface area contributed by atoms with Crippen LogP contribution in [-0.4, -0.2) is 42.8 Å². The van der Waals surface area contributed by atoms with Gasteiger partial charge in [-0.25, -0.2) is 9.59 Å². The summed E-state index contributed by atoms with van der Waals surface area (Å²) in [5.41, 5.74) is 1.45. The van der Waals surface area contributed by atoms with Gasteiger partial charge in [-0.15, -0.1) is 0 Å². The Morgan fingerprint density at radius 3 is 2.67 bits per heavy atom. The van der Waals surface area contributed by atoms with Gasteiger partial charge in [0.25, 0.3) is 0 Å². The molecule has 148 valence electrons. The minimum Gasteiger partial charge on any atom is -0.503 e. The van der Waals surface area contributed by atoms with E-state index in [0.29, 0.717) is 33.8 Å². The van der Waals surface area contributed by atoms with Crippen LogP contribution < -0.4 is 10.1 Å². The maximum Gasteiger partial charge on any atom is 0.338 e. The number of halogens is 1. The predicted molar refractivity (Wildman–Crippen MR) is 105 cm³/mol. The van der Waals surface area contributed by atoms with Gasteiger partial charge in [-0.3, -0.25) is 0 Å². The molecule has 1 atom stereocenters. The first-order valence-corrected chi connectivity index (χ1v) is 9.45. The van der Waals surface area contributed by atoms with Crippen molar-refractivity contribution in [2.45, 2.75) is 33.2 Å². The Labute approximate surface area is 167 Å². The molecule has 27 heavy (non-hydrogen) atoms. The number of ether oxygens (including phenoxy) is 2. The van der Waals surface area contributed by atoms with Crippen LogP contribution in [0, 0.1) is 5.92 Å². The highest BCUT2D eigenvalue weighted by Gasteiger charge is 2.35. The average molecular weight is 441 g/mol. The molecule has 2 N–H and O–H groups in total. The van der Waals surface area contributed by atoms with Crippen molar-refractivity contribution < 1.29 is 24.2 Å². The second-order valence-corrected chi connectivity index (χ2v) is 7.67. The van der Waals surface area contributed by atoms with E-state index in [1.165, 1.54) is 12.0 Å². The van der Waals surface area contributed by atoms with Gasteiger partial charge in [-0.05, 0) is 52.9 Å². The lowest BCUT2D eigenvalue weighted by atomic mass is 9.94. The molecule has 0 unspecified atom stereocenters. The third-order valence-corrected chi connectivity index (χ3v) is 5.11. The van der Waals surface area contributed by atoms with E-state index in [-0.39, 0.29) is 17.5 Å². The first kappa shape index (κ1) is 21.1. The normalized spacial score (nSPS) is 17.2. The van der Waals surface area contributed by atoms with E-state index in [1.54, 1.807) is 26.1 Å². The summed E-state index contributed by atoms with van der Waals surface area (Å²) in [6.45, 7) is 6.11. The lowest BCUT2D eigenvalue weighted by Crippen LogP contribution is -2.46. The van der Waals surface area contributed by atoms with E-state index in [1.807, 2.05) is 0 Å². The molecular weight excluding hydrogens is 416 g/mol. The van der Waals surface area contributed by atoms with Crippen LogP contribution in [0.4, 0.5) is 4.79 Å². The van der Waals surface area contributed by atoms with Crippen molar-refractivity contribution in [3.63, 3.8) is 0 Å². The lowest BCUT2D eigenvalue weighted by molar-refractivity contribution is -0.140. The number of carbonyl (C=O) groups excluding carboxylic acids is 2. The number of allylic oxidation sites excluding steroid dienone is 1. The van der Waals surface area contributed by atoms with E-state index in [4.69, 9.17) is 9.47 Å². The van der Waals surface area contributed by atoms with Gasteiger partial charge in [0, 0.05) is 12.7 Å². The molecule has 0 aliphatic carbocycles. The molecule has 1 aromatic rings. The minimum atomic E-state index is -0.717. The fraction of sp³-hybridized carbons (Fsp3) is 0.474. The minimum absolute atomic E-state index is 0.0535. The molecule has 2 rings (SSSR count). The van der Waals surface area contributed by atoms with Crippen molar-refractivity contribution in [1.82, 2.24) is 10.2 Å². The van der Waals surface area contributed by atoms with Gasteiger partial charge in [0.2, 0.25) is 0 Å². The summed E-state index contributed by atoms with van der Waals surface area (Å²) in [6, 6.07) is 2.18. The summed E-state index contributed by atoms with van der Waals surface area (Å²) < 4.78 is 11.0. The largest absolute Gasteiger partial charge is 0.503 e. The number of hydrogen-bond acceptors (Lipinski definition) is 5. The molecule has 0 saturated carbocycles. The predicted octanol–water partition coefficient (Wildman–Crippen LogP) is 3.72. The summed E-state index contributed by atoms with van der Waals surface area (Å²) in [5.74, 6) is 0.114. The van der Waals surface area contributed by atoms with Crippen molar-refractivity contribution in [1.29, 1.82) is 0 Å². The van der Waals surface area contributed by atoms with Crippen molar-refractivity contribution in [2.24, 2.45) is 5.92 Å². The smallest absolute Gasteiger partial charge is 0.338 e. The fourth-order valence-corrected chi connectivity index (χ4v) is 3.19. The Morgan fingerprint density at radius 1 is 1.41 bits per heavy atom. The molecule has 1 aliphatic rings. The maximum absolute atomic E-state index is 12.8. The molecule has 0 bridgehead atoms. The number of phenolic OH excluding ortho intramolecular Hbond substituents is 1. The second kappa shape index (κ2) is 8.65. The number of carbonyl (C=O) groups is 2. The number of methoxy groups -OCH3 is 1. The van der Waals surface area contributed by atoms with Gasteiger partial charge >= 0.3 is 12.0 Å². The summed E-state index contributed by atoms with van der Waals surface area (Å²) in [6.07, 6.45) is 0.753. The van der Waals surface area contributed by atoms with Crippen LogP contribution in [0.2, 0.25) is 0 Å². The zero-order chi connectivity index (χ0) is 20.3. The van der Waals surface area contributed by atoms with Crippen LogP contribution in [0.25, 0.3) is 0 Å². The second-order valence-electron chi connectivity index (χ2n) is 6.81. The Bertz CT molecular complexity index is 776. The highest BCUT2D eigenvalue weighted by molar-refractivity contribution is 9.10. The van der Waals surface area contributed by atoms with E-state index >= 15 is 0 Å². The lowest BCUT2D eigenvalue weighted by Gasteiger charge is -2.33. The van der Waals surface area contributed by atoms with Gasteiger partial charge in [0.05, 0.1) is 29.8 Å². The molecule has 1 aromatic carbocycles. The third-order valence-electron chi connectivity index (χ3n) is 4.51. The molecule has 7 nitrogen and oxygen atoms in total. The van der Waals surface area contributed by atoms with E-state index in [2.05, 4.69) is 35.1 Å². The van der Waals surface area contributed by atoms with Crippen molar-refractivity contribution in [3.05, 3.63) is 33.4 Å². The van der Waals surface area contributed by atoms with E-state index in [0.717, 1.165) is 6.42 Å². The fourth-order valence-electron chi connectivity index (χ4n) is 2.73. The number of amides is 2. The third kappa shape index (κ3) is 4.55. The Balaban J connectivity index is 2.45. The molecule has 0 spiro atoms. The molecule has 1 heterocycles. The van der Waals surface area contributed by atoms with Crippen LogP contribution in [0.1, 0.15) is 38.8 Å². The standard InChI is InChI=1S/C19H25BrN2O5/c1-10(2)6-7-27-18(24)15-11(3)22(4)19(25)21-16(15)12-8-13(20)17(23)14(9-12)26-5/h8-10,16,23H,6-7H2,1-5H3,(H,21,25)/t16-/m0/s1. The van der Waals surface area contributed by atoms with E-state index < -0.39 is 12.0 Å². The summed E-state index contributed by atoms with van der Waals surface area (Å²) >= 11 is 3.28.